The number of nitrogens with zero attached hydrogens (tertiary/aromatic N) is 1. The Balaban J connectivity index is 2.74. The summed E-state index contributed by atoms with van der Waals surface area (Å²) >= 11 is 0. The van der Waals surface area contributed by atoms with Crippen molar-refractivity contribution in [2.24, 2.45) is 0 Å². The Hall–Kier alpha value is -2.63. The third-order valence-corrected chi connectivity index (χ3v) is 2.96. The van der Waals surface area contributed by atoms with Crippen molar-refractivity contribution in [2.45, 2.75) is 19.8 Å². The standard InChI is InChI=1S/C14H13NO5/c1-8(2)3-5-10-13(17)11(15(18)19)7-9-4-6-12(16)20-14(9)10/h4,6-7,17H,1,3,5H2,2H3. The predicted octanol–water partition coefficient (Wildman–Crippen LogP) is 2.92. The molecular weight excluding hydrogens is 262 g/mol. The van der Waals surface area contributed by atoms with Gasteiger partial charge >= 0.3 is 11.3 Å². The molecule has 6 heteroatoms. The lowest BCUT2D eigenvalue weighted by Crippen LogP contribution is -2.00. The van der Waals surface area contributed by atoms with Gasteiger partial charge < -0.3 is 9.52 Å². The number of phenols is 1. The van der Waals surface area contributed by atoms with Crippen LogP contribution in [0.25, 0.3) is 11.0 Å². The Morgan fingerprint density at radius 3 is 2.80 bits per heavy atom. The zero-order chi connectivity index (χ0) is 14.9. The summed E-state index contributed by atoms with van der Waals surface area (Å²) in [5.74, 6) is -0.460. The van der Waals surface area contributed by atoms with E-state index in [0.717, 1.165) is 5.57 Å². The molecule has 20 heavy (non-hydrogen) atoms. The van der Waals surface area contributed by atoms with Crippen LogP contribution in [0, 0.1) is 10.1 Å². The fourth-order valence-corrected chi connectivity index (χ4v) is 1.96. The summed E-state index contributed by atoms with van der Waals surface area (Å²) < 4.78 is 5.07. The Morgan fingerprint density at radius 1 is 1.50 bits per heavy atom. The second-order valence-corrected chi connectivity index (χ2v) is 4.61. The smallest absolute Gasteiger partial charge is 0.336 e. The molecule has 1 N–H and O–H groups in total. The highest BCUT2D eigenvalue weighted by Crippen LogP contribution is 2.36. The molecule has 1 aromatic carbocycles. The molecule has 0 unspecified atom stereocenters. The number of phenolic OH excluding ortho intramolecular Hbond substituents is 1. The molecule has 104 valence electrons. The van der Waals surface area contributed by atoms with Crippen molar-refractivity contribution in [1.82, 2.24) is 0 Å². The van der Waals surface area contributed by atoms with Gasteiger partial charge in [-0.1, -0.05) is 5.57 Å². The molecule has 6 nitrogen and oxygen atoms in total. The van der Waals surface area contributed by atoms with Gasteiger partial charge in [-0.25, -0.2) is 4.79 Å². The molecule has 0 bridgehead atoms. The summed E-state index contributed by atoms with van der Waals surface area (Å²) in [5, 5.41) is 21.4. The van der Waals surface area contributed by atoms with Gasteiger partial charge in [0.1, 0.15) is 5.58 Å². The van der Waals surface area contributed by atoms with Gasteiger partial charge in [0.05, 0.1) is 4.92 Å². The number of nitro benzene ring substituents is 1. The lowest BCUT2D eigenvalue weighted by molar-refractivity contribution is -0.385. The lowest BCUT2D eigenvalue weighted by Gasteiger charge is -2.08. The molecule has 0 aliphatic rings. The summed E-state index contributed by atoms with van der Waals surface area (Å²) in [4.78, 5) is 21.6. The van der Waals surface area contributed by atoms with Gasteiger partial charge in [0, 0.05) is 23.1 Å². The van der Waals surface area contributed by atoms with Crippen LogP contribution in [0.2, 0.25) is 0 Å². The van der Waals surface area contributed by atoms with Crippen molar-refractivity contribution in [1.29, 1.82) is 0 Å². The van der Waals surface area contributed by atoms with E-state index in [1.54, 1.807) is 0 Å². The predicted molar refractivity (Wildman–Crippen MR) is 73.9 cm³/mol. The van der Waals surface area contributed by atoms with Crippen LogP contribution in [0.5, 0.6) is 5.75 Å². The van der Waals surface area contributed by atoms with E-state index in [2.05, 4.69) is 6.58 Å². The van der Waals surface area contributed by atoms with Crippen LogP contribution in [-0.2, 0) is 6.42 Å². The van der Waals surface area contributed by atoms with E-state index >= 15 is 0 Å². The summed E-state index contributed by atoms with van der Waals surface area (Å²) in [6.45, 7) is 5.56. The zero-order valence-corrected chi connectivity index (χ0v) is 10.9. The molecule has 1 aromatic heterocycles. The third kappa shape index (κ3) is 2.54. The molecule has 0 aliphatic carbocycles. The highest BCUT2D eigenvalue weighted by molar-refractivity contribution is 5.86. The molecule has 0 saturated heterocycles. The molecule has 0 fully saturated rings. The topological polar surface area (TPSA) is 93.6 Å². The second kappa shape index (κ2) is 5.16. The van der Waals surface area contributed by atoms with E-state index in [1.165, 1.54) is 18.2 Å². The molecule has 0 saturated carbocycles. The molecule has 1 heterocycles. The van der Waals surface area contributed by atoms with Crippen molar-refractivity contribution >= 4 is 16.7 Å². The summed E-state index contributed by atoms with van der Waals surface area (Å²) in [6, 6.07) is 3.82. The van der Waals surface area contributed by atoms with Crippen LogP contribution < -0.4 is 5.63 Å². The second-order valence-electron chi connectivity index (χ2n) is 4.61. The Morgan fingerprint density at radius 2 is 2.20 bits per heavy atom. The van der Waals surface area contributed by atoms with Gasteiger partial charge in [-0.2, -0.15) is 0 Å². The van der Waals surface area contributed by atoms with Gasteiger partial charge in [0.25, 0.3) is 0 Å². The van der Waals surface area contributed by atoms with E-state index in [4.69, 9.17) is 4.42 Å². The van der Waals surface area contributed by atoms with Crippen LogP contribution in [0.3, 0.4) is 0 Å². The van der Waals surface area contributed by atoms with Gasteiger partial charge in [-0.05, 0) is 25.8 Å². The minimum absolute atomic E-state index is 0.182. The number of hydrogen-bond acceptors (Lipinski definition) is 5. The fourth-order valence-electron chi connectivity index (χ4n) is 1.96. The van der Waals surface area contributed by atoms with Crippen LogP contribution in [-0.4, -0.2) is 10.0 Å². The highest BCUT2D eigenvalue weighted by atomic mass is 16.6. The van der Waals surface area contributed by atoms with E-state index in [0.29, 0.717) is 18.2 Å². The average molecular weight is 275 g/mol. The van der Waals surface area contributed by atoms with Crippen LogP contribution in [0.4, 0.5) is 5.69 Å². The van der Waals surface area contributed by atoms with Crippen LogP contribution in [0.1, 0.15) is 18.9 Å². The quantitative estimate of drug-likeness (QED) is 0.400. The first-order chi connectivity index (χ1) is 9.40. The number of fused-ring (bicyclic) bond motifs is 1. The highest BCUT2D eigenvalue weighted by Gasteiger charge is 2.22. The number of aromatic hydroxyl groups is 1. The first kappa shape index (κ1) is 13.8. The SMILES string of the molecule is C=C(C)CCc1c(O)c([N+](=O)[O-])cc2ccc(=O)oc12. The van der Waals surface area contributed by atoms with Crippen molar-refractivity contribution in [2.75, 3.05) is 0 Å². The maximum absolute atomic E-state index is 11.3. The number of benzene rings is 1. The molecule has 0 aliphatic heterocycles. The molecule has 0 spiro atoms. The lowest BCUT2D eigenvalue weighted by atomic mass is 10.0. The number of hydrogen-bond donors (Lipinski definition) is 1. The van der Waals surface area contributed by atoms with E-state index < -0.39 is 22.0 Å². The third-order valence-electron chi connectivity index (χ3n) is 2.96. The van der Waals surface area contributed by atoms with Crippen LogP contribution >= 0.6 is 0 Å². The van der Waals surface area contributed by atoms with Gasteiger partial charge in [-0.15, -0.1) is 6.58 Å². The van der Waals surface area contributed by atoms with E-state index in [1.807, 2.05) is 6.92 Å². The first-order valence-electron chi connectivity index (χ1n) is 5.97. The van der Waals surface area contributed by atoms with Gasteiger partial charge in [0.2, 0.25) is 5.75 Å². The van der Waals surface area contributed by atoms with Crippen molar-refractivity contribution in [3.8, 4) is 5.75 Å². The number of allylic oxidation sites excluding steroid dienone is 1. The zero-order valence-electron chi connectivity index (χ0n) is 10.9. The molecule has 0 radical (unpaired) electrons. The Bertz CT molecular complexity index is 760. The number of aryl methyl sites for hydroxylation is 1. The summed E-state index contributed by atoms with van der Waals surface area (Å²) in [6.07, 6.45) is 0.842. The Labute approximate surface area is 114 Å². The first-order valence-corrected chi connectivity index (χ1v) is 5.97. The maximum Gasteiger partial charge on any atom is 0.336 e. The Kier molecular flexibility index (Phi) is 3.56. The van der Waals surface area contributed by atoms with E-state index in [9.17, 15) is 20.0 Å². The minimum Gasteiger partial charge on any atom is -0.502 e. The van der Waals surface area contributed by atoms with Crippen molar-refractivity contribution in [3.63, 3.8) is 0 Å². The fraction of sp³-hybridized carbons (Fsp3) is 0.214. The normalized spacial score (nSPS) is 10.7. The molecule has 2 aromatic rings. The largest absolute Gasteiger partial charge is 0.502 e. The van der Waals surface area contributed by atoms with Gasteiger partial charge in [0.15, 0.2) is 0 Å². The number of rotatable bonds is 4. The molecule has 0 atom stereocenters. The van der Waals surface area contributed by atoms with Gasteiger partial charge in [-0.3, -0.25) is 10.1 Å². The van der Waals surface area contributed by atoms with E-state index in [-0.39, 0.29) is 11.1 Å². The summed E-state index contributed by atoms with van der Waals surface area (Å²) in [5.41, 5.74) is 0.337. The minimum atomic E-state index is -0.663. The van der Waals surface area contributed by atoms with Crippen LogP contribution in [0.15, 0.2) is 39.6 Å². The average Bonchev–Trinajstić information content (AvgIpc) is 2.36. The van der Waals surface area contributed by atoms with Crippen molar-refractivity contribution in [3.05, 3.63) is 56.4 Å². The molecular formula is C14H13NO5. The monoisotopic (exact) mass is 275 g/mol. The molecule has 0 amide bonds. The molecule has 2 rings (SSSR count). The number of nitro groups is 1. The van der Waals surface area contributed by atoms with Crippen molar-refractivity contribution < 1.29 is 14.4 Å². The summed E-state index contributed by atoms with van der Waals surface area (Å²) in [7, 11) is 0. The maximum atomic E-state index is 11.3.